The highest BCUT2D eigenvalue weighted by Crippen LogP contribution is 2.20. The summed E-state index contributed by atoms with van der Waals surface area (Å²) in [5, 5.41) is 13.0. The summed E-state index contributed by atoms with van der Waals surface area (Å²) in [7, 11) is 0. The van der Waals surface area contributed by atoms with E-state index in [1.165, 1.54) is 0 Å². The molecule has 0 unspecified atom stereocenters. The molecule has 1 heterocycles. The summed E-state index contributed by atoms with van der Waals surface area (Å²) in [5.74, 6) is 1.71. The van der Waals surface area contributed by atoms with Gasteiger partial charge in [-0.25, -0.2) is 4.79 Å². The molecule has 1 aromatic carbocycles. The quantitative estimate of drug-likeness (QED) is 0.505. The number of phenols is 1. The van der Waals surface area contributed by atoms with Crippen LogP contribution in [0.1, 0.15) is 53.0 Å². The van der Waals surface area contributed by atoms with Crippen molar-refractivity contribution in [2.24, 2.45) is 10.9 Å². The van der Waals surface area contributed by atoms with Crippen molar-refractivity contribution in [3.63, 3.8) is 0 Å². The Kier molecular flexibility index (Phi) is 9.46. The number of carbonyl (C=O) groups excluding carboxylic acids is 1. The molecule has 0 saturated carbocycles. The highest BCUT2D eigenvalue weighted by molar-refractivity contribution is 5.80. The molecule has 1 aromatic rings. The number of aromatic hydroxyl groups is 1. The topological polar surface area (TPSA) is 77.4 Å². The van der Waals surface area contributed by atoms with Gasteiger partial charge < -0.3 is 25.0 Å². The van der Waals surface area contributed by atoms with E-state index >= 15 is 0 Å². The van der Waals surface area contributed by atoms with Gasteiger partial charge in [0.25, 0.3) is 0 Å². The zero-order chi connectivity index (χ0) is 22.9. The summed E-state index contributed by atoms with van der Waals surface area (Å²) >= 11 is 0. The highest BCUT2D eigenvalue weighted by Gasteiger charge is 2.27. The summed E-state index contributed by atoms with van der Waals surface area (Å²) < 4.78 is 5.54. The Morgan fingerprint density at radius 3 is 2.58 bits per heavy atom. The maximum absolute atomic E-state index is 12.4. The molecule has 31 heavy (non-hydrogen) atoms. The van der Waals surface area contributed by atoms with E-state index in [-0.39, 0.29) is 6.09 Å². The number of phenolic OH excluding ortho intramolecular Hbond substituents is 1. The maximum atomic E-state index is 12.4. The minimum atomic E-state index is -0.469. The highest BCUT2D eigenvalue weighted by atomic mass is 16.6. The van der Waals surface area contributed by atoms with Gasteiger partial charge in [0, 0.05) is 39.3 Å². The van der Waals surface area contributed by atoms with Crippen LogP contribution in [0.5, 0.6) is 5.75 Å². The lowest BCUT2D eigenvalue weighted by atomic mass is 9.96. The van der Waals surface area contributed by atoms with Crippen LogP contribution in [0.3, 0.4) is 0 Å². The first-order chi connectivity index (χ1) is 14.7. The molecule has 1 aliphatic heterocycles. The van der Waals surface area contributed by atoms with E-state index in [1.807, 2.05) is 44.7 Å². The second-order valence-electron chi connectivity index (χ2n) is 9.10. The molecule has 1 aliphatic rings. The van der Waals surface area contributed by atoms with Crippen LogP contribution in [0.4, 0.5) is 4.79 Å². The van der Waals surface area contributed by atoms with Crippen LogP contribution in [-0.4, -0.2) is 71.8 Å². The van der Waals surface area contributed by atoms with Crippen LogP contribution >= 0.6 is 0 Å². The minimum absolute atomic E-state index is 0.223. The molecule has 0 radical (unpaired) electrons. The summed E-state index contributed by atoms with van der Waals surface area (Å²) in [6, 6.07) is 7.35. The second-order valence-corrected chi connectivity index (χ2v) is 9.10. The molecule has 7 heteroatoms. The summed E-state index contributed by atoms with van der Waals surface area (Å²) in [5.41, 5.74) is 0.615. The molecular formula is C24H40N4O3. The second kappa shape index (κ2) is 11.8. The molecule has 1 saturated heterocycles. The Hall–Kier alpha value is -2.44. The average Bonchev–Trinajstić information content (AvgIpc) is 2.70. The van der Waals surface area contributed by atoms with Gasteiger partial charge in [-0.2, -0.15) is 0 Å². The third kappa shape index (κ3) is 8.67. The van der Waals surface area contributed by atoms with Gasteiger partial charge in [-0.15, -0.1) is 0 Å². The predicted molar refractivity (Wildman–Crippen MR) is 126 cm³/mol. The normalized spacial score (nSPS) is 15.6. The molecule has 0 aliphatic carbocycles. The zero-order valence-electron chi connectivity index (χ0n) is 19.9. The number of ether oxygens (including phenoxy) is 1. The summed E-state index contributed by atoms with van der Waals surface area (Å²) in [6.07, 6.45) is 2.62. The van der Waals surface area contributed by atoms with Gasteiger partial charge in [0.15, 0.2) is 5.96 Å². The van der Waals surface area contributed by atoms with Crippen LogP contribution in [-0.2, 0) is 11.2 Å². The fourth-order valence-corrected chi connectivity index (χ4v) is 3.73. The van der Waals surface area contributed by atoms with E-state index in [4.69, 9.17) is 9.73 Å². The van der Waals surface area contributed by atoms with Gasteiger partial charge >= 0.3 is 6.09 Å². The summed E-state index contributed by atoms with van der Waals surface area (Å²) in [4.78, 5) is 21.4. The molecule has 1 amide bonds. The average molecular weight is 433 g/mol. The Morgan fingerprint density at radius 1 is 1.29 bits per heavy atom. The number of amides is 1. The lowest BCUT2D eigenvalue weighted by Gasteiger charge is -2.36. The number of carbonyl (C=O) groups is 1. The Bertz CT molecular complexity index is 722. The van der Waals surface area contributed by atoms with Gasteiger partial charge in [0.2, 0.25) is 0 Å². The first-order valence-corrected chi connectivity index (χ1v) is 11.5. The molecule has 0 atom stereocenters. The number of nitrogens with zero attached hydrogens (tertiary/aromatic N) is 3. The molecule has 1 fully saturated rings. The first-order valence-electron chi connectivity index (χ1n) is 11.5. The minimum Gasteiger partial charge on any atom is -0.508 e. The number of hydrogen-bond donors (Lipinski definition) is 2. The van der Waals surface area contributed by atoms with Crippen LogP contribution in [0, 0.1) is 5.92 Å². The predicted octanol–water partition coefficient (Wildman–Crippen LogP) is 3.87. The van der Waals surface area contributed by atoms with Crippen molar-refractivity contribution in [3.8, 4) is 5.75 Å². The Balaban J connectivity index is 1.86. The summed E-state index contributed by atoms with van der Waals surface area (Å²) in [6.45, 7) is 14.5. The molecule has 174 valence electrons. The van der Waals surface area contributed by atoms with Gasteiger partial charge in [0.1, 0.15) is 11.4 Å². The third-order valence-corrected chi connectivity index (χ3v) is 5.33. The van der Waals surface area contributed by atoms with Crippen LogP contribution < -0.4 is 5.32 Å². The number of piperidine rings is 1. The monoisotopic (exact) mass is 432 g/mol. The van der Waals surface area contributed by atoms with E-state index in [9.17, 15) is 9.90 Å². The number of nitrogens with one attached hydrogen (secondary N) is 1. The number of guanidine groups is 1. The van der Waals surface area contributed by atoms with E-state index in [1.54, 1.807) is 12.1 Å². The van der Waals surface area contributed by atoms with Crippen LogP contribution in [0.15, 0.2) is 29.3 Å². The molecule has 0 spiro atoms. The van der Waals surface area contributed by atoms with Crippen LogP contribution in [0.25, 0.3) is 0 Å². The number of likely N-dealkylation sites (tertiary alicyclic amines) is 1. The fourth-order valence-electron chi connectivity index (χ4n) is 3.73. The molecule has 0 bridgehead atoms. The van der Waals surface area contributed by atoms with Gasteiger partial charge in [-0.3, -0.25) is 4.99 Å². The Morgan fingerprint density at radius 2 is 2.00 bits per heavy atom. The van der Waals surface area contributed by atoms with Crippen molar-refractivity contribution >= 4 is 12.1 Å². The molecule has 0 aromatic heterocycles. The van der Waals surface area contributed by atoms with E-state index < -0.39 is 5.60 Å². The fraction of sp³-hybridized carbons (Fsp3) is 0.667. The van der Waals surface area contributed by atoms with Gasteiger partial charge in [0.05, 0.1) is 0 Å². The molecule has 7 nitrogen and oxygen atoms in total. The largest absolute Gasteiger partial charge is 0.508 e. The zero-order valence-corrected chi connectivity index (χ0v) is 19.9. The number of hydrogen-bond acceptors (Lipinski definition) is 4. The van der Waals surface area contributed by atoms with Crippen molar-refractivity contribution in [3.05, 3.63) is 29.8 Å². The lowest BCUT2D eigenvalue weighted by molar-refractivity contribution is 0.0214. The van der Waals surface area contributed by atoms with Crippen molar-refractivity contribution in [2.75, 3.05) is 39.3 Å². The van der Waals surface area contributed by atoms with Crippen molar-refractivity contribution < 1.29 is 14.6 Å². The molecule has 2 N–H and O–H groups in total. The van der Waals surface area contributed by atoms with Gasteiger partial charge in [-0.1, -0.05) is 12.1 Å². The molecular weight excluding hydrogens is 392 g/mol. The SMILES string of the molecule is CCNC(=NCCc1cccc(O)c1)N1CCC(CN(CC)C(=O)OC(C)(C)C)CC1. The number of rotatable bonds is 7. The number of aliphatic imine (C=N–C) groups is 1. The van der Waals surface area contributed by atoms with Crippen molar-refractivity contribution in [1.82, 2.24) is 15.1 Å². The maximum Gasteiger partial charge on any atom is 0.410 e. The lowest BCUT2D eigenvalue weighted by Crippen LogP contribution is -2.48. The Labute approximate surface area is 187 Å². The third-order valence-electron chi connectivity index (χ3n) is 5.33. The van der Waals surface area contributed by atoms with Gasteiger partial charge in [-0.05, 0) is 77.5 Å². The first kappa shape index (κ1) is 24.8. The van der Waals surface area contributed by atoms with E-state index in [0.29, 0.717) is 24.8 Å². The van der Waals surface area contributed by atoms with E-state index in [2.05, 4.69) is 17.1 Å². The standard InChI is InChI=1S/C24H40N4O3/c1-6-25-22(26-14-11-19-9-8-10-21(29)17-19)28-15-12-20(13-16-28)18-27(7-2)23(30)31-24(3,4)5/h8-10,17,20,29H,6-7,11-16,18H2,1-5H3,(H,25,26). The smallest absolute Gasteiger partial charge is 0.410 e. The number of benzene rings is 1. The van der Waals surface area contributed by atoms with Crippen LogP contribution in [0.2, 0.25) is 0 Å². The van der Waals surface area contributed by atoms with Crippen molar-refractivity contribution in [2.45, 2.75) is 59.5 Å². The van der Waals surface area contributed by atoms with E-state index in [0.717, 1.165) is 57.0 Å². The molecule has 2 rings (SSSR count). The van der Waals surface area contributed by atoms with Crippen molar-refractivity contribution in [1.29, 1.82) is 0 Å².